The Morgan fingerprint density at radius 3 is 2.43 bits per heavy atom. The minimum absolute atomic E-state index is 0.434. The van der Waals surface area contributed by atoms with Gasteiger partial charge in [-0.15, -0.1) is 0 Å². The van der Waals surface area contributed by atoms with Crippen LogP contribution in [0.1, 0.15) is 5.69 Å². The van der Waals surface area contributed by atoms with Crippen molar-refractivity contribution >= 4 is 11.0 Å². The molecule has 2 heterocycles. The van der Waals surface area contributed by atoms with E-state index in [1.54, 1.807) is 6.20 Å². The molecule has 0 saturated heterocycles. The number of imidazole rings is 1. The molecule has 0 aliphatic rings. The second-order valence-corrected chi connectivity index (χ2v) is 5.19. The van der Waals surface area contributed by atoms with Gasteiger partial charge in [-0.1, -0.05) is 36.4 Å². The first kappa shape index (κ1) is 13.2. The van der Waals surface area contributed by atoms with E-state index in [-0.39, 0.29) is 0 Å². The number of nitrogens with zero attached hydrogens (tertiary/aromatic N) is 3. The summed E-state index contributed by atoms with van der Waals surface area (Å²) in [7, 11) is 0. The lowest BCUT2D eigenvalue weighted by molar-refractivity contribution is 1.26. The zero-order valence-corrected chi connectivity index (χ0v) is 12.2. The number of rotatable bonds is 2. The van der Waals surface area contributed by atoms with Crippen molar-refractivity contribution in [1.29, 1.82) is 5.26 Å². The van der Waals surface area contributed by atoms with Crippen LogP contribution in [0.2, 0.25) is 0 Å². The molecule has 0 unspecified atom stereocenters. The van der Waals surface area contributed by atoms with Crippen LogP contribution in [-0.2, 0) is 0 Å². The van der Waals surface area contributed by atoms with Gasteiger partial charge >= 0.3 is 0 Å². The van der Waals surface area contributed by atoms with Crippen molar-refractivity contribution in [2.75, 3.05) is 0 Å². The SMILES string of the molecule is N#Cc1ncccc1-c1ccc(-c2nc3ccccc3[nH]2)cc1. The van der Waals surface area contributed by atoms with E-state index in [4.69, 9.17) is 5.26 Å². The molecule has 1 N–H and O–H groups in total. The zero-order valence-electron chi connectivity index (χ0n) is 12.2. The summed E-state index contributed by atoms with van der Waals surface area (Å²) in [5.41, 5.74) is 5.22. The Labute approximate surface area is 133 Å². The summed E-state index contributed by atoms with van der Waals surface area (Å²) in [6.45, 7) is 0. The highest BCUT2D eigenvalue weighted by atomic mass is 14.9. The van der Waals surface area contributed by atoms with E-state index >= 15 is 0 Å². The number of nitriles is 1. The summed E-state index contributed by atoms with van der Waals surface area (Å²) in [6, 6.07) is 21.8. The number of fused-ring (bicyclic) bond motifs is 1. The summed E-state index contributed by atoms with van der Waals surface area (Å²) >= 11 is 0. The van der Waals surface area contributed by atoms with Crippen molar-refractivity contribution in [2.24, 2.45) is 0 Å². The van der Waals surface area contributed by atoms with E-state index in [0.29, 0.717) is 5.69 Å². The summed E-state index contributed by atoms with van der Waals surface area (Å²) in [6.07, 6.45) is 1.63. The molecular formula is C19H12N4. The average molecular weight is 296 g/mol. The third kappa shape index (κ3) is 2.34. The first-order chi connectivity index (χ1) is 11.3. The lowest BCUT2D eigenvalue weighted by Crippen LogP contribution is -1.88. The monoisotopic (exact) mass is 296 g/mol. The normalized spacial score (nSPS) is 10.6. The maximum absolute atomic E-state index is 9.17. The predicted octanol–water partition coefficient (Wildman–Crippen LogP) is 4.16. The smallest absolute Gasteiger partial charge is 0.148 e. The molecule has 4 nitrogen and oxygen atoms in total. The molecule has 0 radical (unpaired) electrons. The zero-order chi connectivity index (χ0) is 15.6. The number of H-pyrrole nitrogens is 1. The first-order valence-electron chi connectivity index (χ1n) is 7.26. The summed E-state index contributed by atoms with van der Waals surface area (Å²) in [5, 5.41) is 9.17. The highest BCUT2D eigenvalue weighted by molar-refractivity contribution is 5.80. The number of aromatic amines is 1. The van der Waals surface area contributed by atoms with Crippen LogP contribution in [0.25, 0.3) is 33.5 Å². The van der Waals surface area contributed by atoms with Gasteiger partial charge in [-0.05, 0) is 29.8 Å². The van der Waals surface area contributed by atoms with Crippen molar-refractivity contribution in [3.63, 3.8) is 0 Å². The van der Waals surface area contributed by atoms with Gasteiger partial charge in [-0.3, -0.25) is 0 Å². The van der Waals surface area contributed by atoms with Crippen LogP contribution in [0.4, 0.5) is 0 Å². The molecule has 4 rings (SSSR count). The minimum atomic E-state index is 0.434. The number of hydrogen-bond donors (Lipinski definition) is 1. The fraction of sp³-hybridized carbons (Fsp3) is 0. The fourth-order valence-electron chi connectivity index (χ4n) is 2.62. The Kier molecular flexibility index (Phi) is 3.10. The standard InChI is InChI=1S/C19H12N4/c20-12-18-15(4-3-11-21-18)13-7-9-14(10-8-13)19-22-16-5-1-2-6-17(16)23-19/h1-11H,(H,22,23). The molecular weight excluding hydrogens is 284 g/mol. The minimum Gasteiger partial charge on any atom is -0.338 e. The van der Waals surface area contributed by atoms with Crippen molar-refractivity contribution < 1.29 is 0 Å². The molecule has 23 heavy (non-hydrogen) atoms. The number of pyridine rings is 1. The maximum Gasteiger partial charge on any atom is 0.148 e. The second-order valence-electron chi connectivity index (χ2n) is 5.19. The summed E-state index contributed by atoms with van der Waals surface area (Å²) in [4.78, 5) is 12.0. The van der Waals surface area contributed by atoms with E-state index in [2.05, 4.69) is 21.0 Å². The number of benzene rings is 2. The molecule has 4 aromatic rings. The van der Waals surface area contributed by atoms with Gasteiger partial charge in [0.2, 0.25) is 0 Å². The quantitative estimate of drug-likeness (QED) is 0.604. The van der Waals surface area contributed by atoms with Crippen LogP contribution in [0.5, 0.6) is 0 Å². The Morgan fingerprint density at radius 1 is 0.870 bits per heavy atom. The van der Waals surface area contributed by atoms with E-state index in [1.807, 2.05) is 60.7 Å². The molecule has 0 saturated carbocycles. The molecule has 2 aromatic heterocycles. The number of hydrogen-bond acceptors (Lipinski definition) is 3. The Morgan fingerprint density at radius 2 is 1.65 bits per heavy atom. The second kappa shape index (κ2) is 5.39. The van der Waals surface area contributed by atoms with Crippen LogP contribution in [0.15, 0.2) is 66.9 Å². The van der Waals surface area contributed by atoms with Crippen molar-refractivity contribution in [3.05, 3.63) is 72.6 Å². The first-order valence-corrected chi connectivity index (χ1v) is 7.26. The molecule has 108 valence electrons. The molecule has 0 aliphatic carbocycles. The Balaban J connectivity index is 1.75. The van der Waals surface area contributed by atoms with Gasteiger partial charge in [0.25, 0.3) is 0 Å². The third-order valence-electron chi connectivity index (χ3n) is 3.77. The molecule has 4 heteroatoms. The predicted molar refractivity (Wildman–Crippen MR) is 89.5 cm³/mol. The fourth-order valence-corrected chi connectivity index (χ4v) is 2.62. The molecule has 0 amide bonds. The van der Waals surface area contributed by atoms with E-state index in [1.165, 1.54) is 0 Å². The van der Waals surface area contributed by atoms with Crippen LogP contribution in [-0.4, -0.2) is 15.0 Å². The number of aromatic nitrogens is 3. The highest BCUT2D eigenvalue weighted by Gasteiger charge is 2.08. The van der Waals surface area contributed by atoms with E-state index < -0.39 is 0 Å². The lowest BCUT2D eigenvalue weighted by Gasteiger charge is -2.04. The van der Waals surface area contributed by atoms with E-state index in [0.717, 1.165) is 33.5 Å². The lowest BCUT2D eigenvalue weighted by atomic mass is 10.0. The van der Waals surface area contributed by atoms with Crippen molar-refractivity contribution in [2.45, 2.75) is 0 Å². The highest BCUT2D eigenvalue weighted by Crippen LogP contribution is 2.26. The van der Waals surface area contributed by atoms with Gasteiger partial charge in [0.15, 0.2) is 0 Å². The van der Waals surface area contributed by atoms with Gasteiger partial charge in [0.05, 0.1) is 11.0 Å². The van der Waals surface area contributed by atoms with Gasteiger partial charge in [-0.25, -0.2) is 9.97 Å². The van der Waals surface area contributed by atoms with Gasteiger partial charge in [0, 0.05) is 17.3 Å². The van der Waals surface area contributed by atoms with Crippen molar-refractivity contribution in [1.82, 2.24) is 15.0 Å². The molecule has 0 fully saturated rings. The molecule has 2 aromatic carbocycles. The number of nitrogens with one attached hydrogen (secondary N) is 1. The summed E-state index contributed by atoms with van der Waals surface area (Å²) < 4.78 is 0. The van der Waals surface area contributed by atoms with Crippen LogP contribution in [0.3, 0.4) is 0 Å². The van der Waals surface area contributed by atoms with Crippen molar-refractivity contribution in [3.8, 4) is 28.6 Å². The molecule has 0 spiro atoms. The molecule has 0 atom stereocenters. The van der Waals surface area contributed by atoms with E-state index in [9.17, 15) is 0 Å². The summed E-state index contributed by atoms with van der Waals surface area (Å²) in [5.74, 6) is 0.837. The third-order valence-corrected chi connectivity index (χ3v) is 3.77. The number of para-hydroxylation sites is 2. The molecule has 0 aliphatic heterocycles. The molecule has 0 bridgehead atoms. The van der Waals surface area contributed by atoms with Gasteiger partial charge in [0.1, 0.15) is 17.6 Å². The van der Waals surface area contributed by atoms with Gasteiger partial charge in [-0.2, -0.15) is 5.26 Å². The van der Waals surface area contributed by atoms with Crippen LogP contribution < -0.4 is 0 Å². The van der Waals surface area contributed by atoms with Crippen LogP contribution >= 0.6 is 0 Å². The van der Waals surface area contributed by atoms with Gasteiger partial charge < -0.3 is 4.98 Å². The maximum atomic E-state index is 9.17. The van der Waals surface area contributed by atoms with Crippen LogP contribution in [0, 0.1) is 11.3 Å². The largest absolute Gasteiger partial charge is 0.338 e. The topological polar surface area (TPSA) is 65.4 Å². The average Bonchev–Trinajstić information content (AvgIpc) is 3.06. The Hall–Kier alpha value is -3.45. The Bertz CT molecular complexity index is 990.